The molecule has 2 saturated heterocycles. The smallest absolute Gasteiger partial charge is 0.0831 e. The molecule has 2 aliphatic heterocycles. The third-order valence-corrected chi connectivity index (χ3v) is 3.46. The summed E-state index contributed by atoms with van der Waals surface area (Å²) in [4.78, 5) is 4.81. The first-order valence-corrected chi connectivity index (χ1v) is 5.51. The third kappa shape index (κ3) is 1.93. The minimum Gasteiger partial charge on any atom is -0.390 e. The monoisotopic (exact) mass is 199 g/mol. The van der Waals surface area contributed by atoms with Gasteiger partial charge in [0.05, 0.1) is 6.10 Å². The molecular weight excluding hydrogens is 178 g/mol. The molecule has 0 aromatic rings. The van der Waals surface area contributed by atoms with Crippen molar-refractivity contribution in [2.75, 3.05) is 39.8 Å². The van der Waals surface area contributed by atoms with Gasteiger partial charge < -0.3 is 15.3 Å². The number of likely N-dealkylation sites (N-methyl/N-ethyl adjacent to an activating group) is 1. The van der Waals surface area contributed by atoms with Crippen LogP contribution >= 0.6 is 0 Å². The molecule has 0 aromatic carbocycles. The summed E-state index contributed by atoms with van der Waals surface area (Å²) >= 11 is 0. The number of β-amino-alcohol motifs (C(OH)–C–C–N with tert-alkyl or cyclic N) is 1. The minimum atomic E-state index is -0.180. The van der Waals surface area contributed by atoms with Gasteiger partial charge in [-0.3, -0.25) is 4.90 Å². The van der Waals surface area contributed by atoms with Crippen molar-refractivity contribution >= 4 is 0 Å². The molecule has 4 nitrogen and oxygen atoms in total. The Bertz CT molecular complexity index is 200. The minimum absolute atomic E-state index is 0.180. The Hall–Kier alpha value is -0.160. The molecule has 2 N–H and O–H groups in total. The molecule has 3 unspecified atom stereocenters. The van der Waals surface area contributed by atoms with E-state index in [1.54, 1.807) is 0 Å². The Balaban J connectivity index is 1.96. The van der Waals surface area contributed by atoms with Crippen molar-refractivity contribution in [3.05, 3.63) is 0 Å². The van der Waals surface area contributed by atoms with Gasteiger partial charge in [0.2, 0.25) is 0 Å². The molecule has 14 heavy (non-hydrogen) atoms. The standard InChI is InChI=1S/C10H21N3O/c1-8-7-12(2)3-4-13(8)9-5-11-6-10(9)14/h8-11,14H,3-7H2,1-2H3. The van der Waals surface area contributed by atoms with E-state index in [1.165, 1.54) is 0 Å². The van der Waals surface area contributed by atoms with Gasteiger partial charge in [0, 0.05) is 44.8 Å². The van der Waals surface area contributed by atoms with E-state index in [1.807, 2.05) is 0 Å². The highest BCUT2D eigenvalue weighted by molar-refractivity contribution is 4.93. The molecule has 0 spiro atoms. The van der Waals surface area contributed by atoms with Crippen LogP contribution < -0.4 is 5.32 Å². The Labute approximate surface area is 85.9 Å². The van der Waals surface area contributed by atoms with Gasteiger partial charge in [0.1, 0.15) is 0 Å². The molecule has 0 bridgehead atoms. The topological polar surface area (TPSA) is 38.7 Å². The van der Waals surface area contributed by atoms with Crippen LogP contribution in [0.25, 0.3) is 0 Å². The van der Waals surface area contributed by atoms with Crippen molar-refractivity contribution in [1.29, 1.82) is 0 Å². The molecule has 4 heteroatoms. The van der Waals surface area contributed by atoms with Crippen molar-refractivity contribution in [1.82, 2.24) is 15.1 Å². The van der Waals surface area contributed by atoms with Crippen LogP contribution in [-0.4, -0.2) is 72.9 Å². The third-order valence-electron chi connectivity index (χ3n) is 3.46. The van der Waals surface area contributed by atoms with E-state index in [2.05, 4.69) is 29.1 Å². The average molecular weight is 199 g/mol. The molecule has 2 aliphatic rings. The number of nitrogens with zero attached hydrogens (tertiary/aromatic N) is 2. The molecule has 2 heterocycles. The molecule has 0 aromatic heterocycles. The predicted molar refractivity (Wildman–Crippen MR) is 56.3 cm³/mol. The van der Waals surface area contributed by atoms with Gasteiger partial charge in [0.15, 0.2) is 0 Å². The Kier molecular flexibility index (Phi) is 3.07. The second-order valence-electron chi connectivity index (χ2n) is 4.64. The molecule has 2 rings (SSSR count). The van der Waals surface area contributed by atoms with Crippen LogP contribution in [0.3, 0.4) is 0 Å². The van der Waals surface area contributed by atoms with Gasteiger partial charge in [0.25, 0.3) is 0 Å². The molecule has 2 fully saturated rings. The first-order chi connectivity index (χ1) is 6.68. The zero-order valence-corrected chi connectivity index (χ0v) is 9.11. The van der Waals surface area contributed by atoms with Gasteiger partial charge in [-0.25, -0.2) is 0 Å². The quantitative estimate of drug-likeness (QED) is 0.565. The Morgan fingerprint density at radius 1 is 1.29 bits per heavy atom. The fourth-order valence-electron chi connectivity index (χ4n) is 2.64. The number of nitrogens with one attached hydrogen (secondary N) is 1. The summed E-state index contributed by atoms with van der Waals surface area (Å²) in [7, 11) is 2.16. The highest BCUT2D eigenvalue weighted by Crippen LogP contribution is 2.16. The van der Waals surface area contributed by atoms with Crippen molar-refractivity contribution in [3.8, 4) is 0 Å². The fourth-order valence-corrected chi connectivity index (χ4v) is 2.64. The van der Waals surface area contributed by atoms with Crippen LogP contribution in [0.5, 0.6) is 0 Å². The maximum absolute atomic E-state index is 9.81. The molecule has 82 valence electrons. The van der Waals surface area contributed by atoms with Crippen LogP contribution in [0, 0.1) is 0 Å². The number of hydrogen-bond donors (Lipinski definition) is 2. The highest BCUT2D eigenvalue weighted by Gasteiger charge is 2.34. The molecule has 3 atom stereocenters. The second kappa shape index (κ2) is 4.14. The number of aliphatic hydroxyl groups excluding tert-OH is 1. The average Bonchev–Trinajstić information content (AvgIpc) is 2.52. The lowest BCUT2D eigenvalue weighted by molar-refractivity contribution is 0.0181. The fraction of sp³-hybridized carbons (Fsp3) is 1.00. The predicted octanol–water partition coefficient (Wildman–Crippen LogP) is -1.04. The van der Waals surface area contributed by atoms with Crippen molar-refractivity contribution in [2.24, 2.45) is 0 Å². The number of piperazine rings is 1. The molecule has 0 saturated carbocycles. The molecule has 0 aliphatic carbocycles. The lowest BCUT2D eigenvalue weighted by atomic mass is 10.1. The van der Waals surface area contributed by atoms with Crippen LogP contribution in [-0.2, 0) is 0 Å². The van der Waals surface area contributed by atoms with Gasteiger partial charge in [-0.05, 0) is 14.0 Å². The van der Waals surface area contributed by atoms with E-state index in [0.29, 0.717) is 12.1 Å². The largest absolute Gasteiger partial charge is 0.390 e. The van der Waals surface area contributed by atoms with Crippen LogP contribution in [0.15, 0.2) is 0 Å². The molecule has 0 amide bonds. The first-order valence-electron chi connectivity index (χ1n) is 5.51. The normalized spacial score (nSPS) is 41.8. The Morgan fingerprint density at radius 3 is 2.64 bits per heavy atom. The van der Waals surface area contributed by atoms with Crippen molar-refractivity contribution in [2.45, 2.75) is 25.1 Å². The molecular formula is C10H21N3O. The zero-order valence-electron chi connectivity index (χ0n) is 9.11. The SMILES string of the molecule is CC1CN(C)CCN1C1CNCC1O. The summed E-state index contributed by atoms with van der Waals surface area (Å²) < 4.78 is 0. The van der Waals surface area contributed by atoms with Crippen LogP contribution in [0.1, 0.15) is 6.92 Å². The van der Waals surface area contributed by atoms with Gasteiger partial charge in [-0.2, -0.15) is 0 Å². The number of rotatable bonds is 1. The number of aliphatic hydroxyl groups is 1. The van der Waals surface area contributed by atoms with E-state index in [0.717, 1.165) is 32.7 Å². The van der Waals surface area contributed by atoms with Crippen LogP contribution in [0.4, 0.5) is 0 Å². The van der Waals surface area contributed by atoms with Crippen LogP contribution in [0.2, 0.25) is 0 Å². The molecule has 0 radical (unpaired) electrons. The highest BCUT2D eigenvalue weighted by atomic mass is 16.3. The van der Waals surface area contributed by atoms with E-state index in [4.69, 9.17) is 0 Å². The lowest BCUT2D eigenvalue weighted by Crippen LogP contribution is -2.57. The summed E-state index contributed by atoms with van der Waals surface area (Å²) in [6.45, 7) is 7.26. The summed E-state index contributed by atoms with van der Waals surface area (Å²) in [6.07, 6.45) is -0.180. The van der Waals surface area contributed by atoms with Crippen molar-refractivity contribution in [3.63, 3.8) is 0 Å². The summed E-state index contributed by atoms with van der Waals surface area (Å²) in [5, 5.41) is 13.1. The maximum Gasteiger partial charge on any atom is 0.0831 e. The van der Waals surface area contributed by atoms with E-state index >= 15 is 0 Å². The van der Waals surface area contributed by atoms with E-state index in [-0.39, 0.29) is 6.10 Å². The first kappa shape index (κ1) is 10.4. The lowest BCUT2D eigenvalue weighted by Gasteiger charge is -2.42. The Morgan fingerprint density at radius 2 is 2.07 bits per heavy atom. The summed E-state index contributed by atoms with van der Waals surface area (Å²) in [5.41, 5.74) is 0. The summed E-state index contributed by atoms with van der Waals surface area (Å²) in [6, 6.07) is 0.895. The van der Waals surface area contributed by atoms with Gasteiger partial charge >= 0.3 is 0 Å². The van der Waals surface area contributed by atoms with Crippen molar-refractivity contribution < 1.29 is 5.11 Å². The van der Waals surface area contributed by atoms with E-state index in [9.17, 15) is 5.11 Å². The van der Waals surface area contributed by atoms with E-state index < -0.39 is 0 Å². The second-order valence-corrected chi connectivity index (χ2v) is 4.64. The summed E-state index contributed by atoms with van der Waals surface area (Å²) in [5.74, 6) is 0. The van der Waals surface area contributed by atoms with Gasteiger partial charge in [-0.15, -0.1) is 0 Å². The van der Waals surface area contributed by atoms with Gasteiger partial charge in [-0.1, -0.05) is 0 Å². The maximum atomic E-state index is 9.81. The number of hydrogen-bond acceptors (Lipinski definition) is 4. The zero-order chi connectivity index (χ0) is 10.1.